The number of benzene rings is 1. The Morgan fingerprint density at radius 2 is 1.80 bits per heavy atom. The third-order valence-electron chi connectivity index (χ3n) is 7.83. The summed E-state index contributed by atoms with van der Waals surface area (Å²) in [5, 5.41) is -0.388. The van der Waals surface area contributed by atoms with Crippen molar-refractivity contribution in [3.63, 3.8) is 0 Å². The molecule has 4 heterocycles. The van der Waals surface area contributed by atoms with E-state index in [4.69, 9.17) is 58.0 Å². The summed E-state index contributed by atoms with van der Waals surface area (Å²) in [6.07, 6.45) is 0.823. The maximum Gasteiger partial charge on any atom is 0.350 e. The van der Waals surface area contributed by atoms with E-state index >= 15 is 4.39 Å². The number of methoxy groups -OCH3 is 1. The minimum atomic E-state index is -2.40. The normalized spacial score (nSPS) is 20.4. The first-order chi connectivity index (χ1) is 23.9. The molecule has 0 spiro atoms. The third-order valence-corrected chi connectivity index (χ3v) is 8.31. The molecule has 0 unspecified atom stereocenters. The van der Waals surface area contributed by atoms with E-state index in [0.717, 1.165) is 0 Å². The fourth-order valence-corrected chi connectivity index (χ4v) is 5.81. The number of rotatable bonds is 12. The van der Waals surface area contributed by atoms with Crippen molar-refractivity contribution in [1.82, 2.24) is 29.1 Å². The summed E-state index contributed by atoms with van der Waals surface area (Å²) in [4.78, 5) is 55.5. The number of halogens is 2. The number of aromatic nitrogens is 6. The first-order valence-electron chi connectivity index (χ1n) is 15.2. The molecule has 1 aliphatic rings. The van der Waals surface area contributed by atoms with Gasteiger partial charge in [0.15, 0.2) is 29.5 Å². The number of imidazole rings is 2. The molecule has 2 N–H and O–H groups in total. The monoisotopic (exact) mass is 733 g/mol. The maximum atomic E-state index is 17.2. The molecule has 4 atom stereocenters. The number of thiocarbonyl (C=S) groups is 1. The van der Waals surface area contributed by atoms with Crippen LogP contribution in [0.4, 0.5) is 10.2 Å². The molecule has 4 aromatic rings. The first-order valence-corrected chi connectivity index (χ1v) is 16.0. The number of hydrogen-bond acceptors (Lipinski definition) is 15. The fraction of sp³-hybridized carbons (Fsp3) is 0.419. The van der Waals surface area contributed by atoms with Crippen molar-refractivity contribution in [3.05, 3.63) is 65.7 Å². The number of hydrogen-bond donors (Lipinski definition) is 1. The smallest absolute Gasteiger partial charge is 0.350 e. The molecule has 1 aliphatic heterocycles. The Morgan fingerprint density at radius 3 is 2.40 bits per heavy atom. The molecule has 1 saturated heterocycles. The van der Waals surface area contributed by atoms with Gasteiger partial charge in [0.1, 0.15) is 17.9 Å². The quantitative estimate of drug-likeness (QED) is 0.0733. The Labute approximate surface area is 294 Å². The molecule has 0 radical (unpaired) electrons. The highest BCUT2D eigenvalue weighted by molar-refractivity contribution is 7.80. The van der Waals surface area contributed by atoms with E-state index in [9.17, 15) is 14.4 Å². The van der Waals surface area contributed by atoms with Crippen molar-refractivity contribution in [2.24, 2.45) is 0 Å². The van der Waals surface area contributed by atoms with Crippen LogP contribution in [0.5, 0.6) is 0 Å². The van der Waals surface area contributed by atoms with Crippen molar-refractivity contribution < 1.29 is 47.2 Å². The van der Waals surface area contributed by atoms with Gasteiger partial charge in [-0.2, -0.15) is 9.97 Å². The lowest BCUT2D eigenvalue weighted by Gasteiger charge is -2.32. The predicted molar refractivity (Wildman–Crippen MR) is 177 cm³/mol. The van der Waals surface area contributed by atoms with Crippen LogP contribution in [0.1, 0.15) is 42.9 Å². The van der Waals surface area contributed by atoms with Gasteiger partial charge in [0.25, 0.3) is 10.8 Å². The minimum Gasteiger partial charge on any atom is -0.465 e. The van der Waals surface area contributed by atoms with Gasteiger partial charge < -0.3 is 34.2 Å². The highest BCUT2D eigenvalue weighted by atomic mass is 35.5. The molecule has 1 fully saturated rings. The van der Waals surface area contributed by atoms with E-state index in [-0.39, 0.29) is 46.2 Å². The lowest BCUT2D eigenvalue weighted by molar-refractivity contribution is -0.196. The zero-order valence-electron chi connectivity index (χ0n) is 27.3. The van der Waals surface area contributed by atoms with E-state index < -0.39 is 60.6 Å². The van der Waals surface area contributed by atoms with Gasteiger partial charge in [-0.05, 0) is 62.3 Å². The number of esters is 3. The number of alkyl halides is 1. The summed E-state index contributed by atoms with van der Waals surface area (Å²) >= 11 is 11.5. The molecule has 0 aliphatic carbocycles. The van der Waals surface area contributed by atoms with Crippen molar-refractivity contribution in [2.75, 3.05) is 32.7 Å². The van der Waals surface area contributed by atoms with E-state index in [1.165, 1.54) is 72.5 Å². The van der Waals surface area contributed by atoms with Crippen LogP contribution >= 0.6 is 23.8 Å². The van der Waals surface area contributed by atoms with Gasteiger partial charge in [-0.1, -0.05) is 12.1 Å². The Balaban J connectivity index is 1.54. The molecule has 1 aromatic carbocycles. The van der Waals surface area contributed by atoms with Crippen LogP contribution in [0, 0.1) is 0 Å². The lowest BCUT2D eigenvalue weighted by atomic mass is 9.93. The summed E-state index contributed by atoms with van der Waals surface area (Å²) < 4.78 is 53.5. The second-order valence-corrected chi connectivity index (χ2v) is 11.8. The second kappa shape index (κ2) is 15.0. The number of nitrogens with two attached hydrogens (primary N) is 1. The number of nitrogens with zero attached hydrogens (tertiary/aromatic N) is 6. The molecular weight excluding hydrogens is 701 g/mol. The fourth-order valence-electron chi connectivity index (χ4n) is 5.43. The summed E-state index contributed by atoms with van der Waals surface area (Å²) in [5.74, 6) is -2.76. The molecule has 0 saturated carbocycles. The highest BCUT2D eigenvalue weighted by Crippen LogP contribution is 2.45. The zero-order chi connectivity index (χ0) is 36.2. The number of carbonyl (C=O) groups is 3. The van der Waals surface area contributed by atoms with Crippen LogP contribution in [-0.4, -0.2) is 103 Å². The Bertz CT molecular complexity index is 1860. The van der Waals surface area contributed by atoms with Gasteiger partial charge >= 0.3 is 17.9 Å². The van der Waals surface area contributed by atoms with Crippen LogP contribution in [0.3, 0.4) is 0 Å². The van der Waals surface area contributed by atoms with E-state index in [1.807, 2.05) is 0 Å². The Morgan fingerprint density at radius 1 is 1.12 bits per heavy atom. The van der Waals surface area contributed by atoms with Crippen LogP contribution in [0.25, 0.3) is 11.2 Å². The SMILES string of the molecule is CCOC(=O)C(Cc1ccc(C(=O)OC)cc1)(OC[C@H]1O[C@@H](n2cnc3c(N)nc(Cl)nc32)[C@](C)(F)[C@@H]1OC(=S)n1ccnc1)C(=O)OCC. The summed E-state index contributed by atoms with van der Waals surface area (Å²) in [6.45, 7) is 3.48. The molecule has 50 heavy (non-hydrogen) atoms. The van der Waals surface area contributed by atoms with Crippen LogP contribution < -0.4 is 5.73 Å². The van der Waals surface area contributed by atoms with Gasteiger partial charge in [-0.25, -0.2) is 28.7 Å². The topological polar surface area (TPSA) is 194 Å². The van der Waals surface area contributed by atoms with Gasteiger partial charge in [0, 0.05) is 18.8 Å². The average Bonchev–Trinajstić information content (AvgIpc) is 3.82. The van der Waals surface area contributed by atoms with Gasteiger partial charge in [-0.3, -0.25) is 9.13 Å². The average molecular weight is 734 g/mol. The Hall–Kier alpha value is -4.78. The van der Waals surface area contributed by atoms with Crippen molar-refractivity contribution >= 4 is 63.9 Å². The van der Waals surface area contributed by atoms with Crippen LogP contribution in [0.2, 0.25) is 5.28 Å². The molecule has 16 nitrogen and oxygen atoms in total. The summed E-state index contributed by atoms with van der Waals surface area (Å²) in [7, 11) is 1.24. The number of ether oxygens (including phenoxy) is 6. The predicted octanol–water partition coefficient (Wildman–Crippen LogP) is 3.01. The van der Waals surface area contributed by atoms with Crippen molar-refractivity contribution in [2.45, 2.75) is 56.9 Å². The largest absolute Gasteiger partial charge is 0.465 e. The number of fused-ring (bicyclic) bond motifs is 1. The summed E-state index contributed by atoms with van der Waals surface area (Å²) in [6, 6.07) is 5.95. The molecular formula is C31H33ClFN7O9S. The Kier molecular flexibility index (Phi) is 10.9. The van der Waals surface area contributed by atoms with Crippen LogP contribution in [-0.2, 0) is 44.4 Å². The van der Waals surface area contributed by atoms with Crippen LogP contribution in [0.15, 0.2) is 49.3 Å². The highest BCUT2D eigenvalue weighted by Gasteiger charge is 2.60. The van der Waals surface area contributed by atoms with E-state index in [2.05, 4.69) is 19.9 Å². The lowest BCUT2D eigenvalue weighted by Crippen LogP contribution is -2.55. The molecule has 19 heteroatoms. The van der Waals surface area contributed by atoms with Crippen molar-refractivity contribution in [1.29, 1.82) is 0 Å². The zero-order valence-corrected chi connectivity index (χ0v) is 28.9. The standard InChI is InChI=1S/C31H33ClFN7O9S/c1-5-45-26(42)31(27(43)46-6-2,13-17-7-9-18(10-8-17)24(41)44-4)47-14-19-21(49-29(50)39-12-11-35-15-39)30(3,33)25(48-19)40-16-36-20-22(34)37-28(32)38-23(20)40/h7-12,15-16,19,21,25H,5-6,13-14H2,1-4H3,(H2,34,37,38)/t19-,21-,25-,30-/m1/s1. The maximum absolute atomic E-state index is 17.2. The minimum absolute atomic E-state index is 0.0421. The number of anilines is 1. The van der Waals surface area contributed by atoms with Gasteiger partial charge in [0.2, 0.25) is 5.28 Å². The van der Waals surface area contributed by atoms with Gasteiger partial charge in [-0.15, -0.1) is 0 Å². The number of carbonyl (C=O) groups excluding carboxylic acids is 3. The molecule has 0 amide bonds. The third kappa shape index (κ3) is 7.09. The summed E-state index contributed by atoms with van der Waals surface area (Å²) in [5.41, 5.74) is 2.01. The van der Waals surface area contributed by atoms with Gasteiger partial charge in [0.05, 0.1) is 38.8 Å². The molecule has 266 valence electrons. The van der Waals surface area contributed by atoms with E-state index in [0.29, 0.717) is 5.56 Å². The van der Waals surface area contributed by atoms with Crippen molar-refractivity contribution in [3.8, 4) is 0 Å². The molecule has 3 aromatic heterocycles. The second-order valence-electron chi connectivity index (χ2n) is 11.1. The first kappa shape index (κ1) is 36.5. The molecule has 0 bridgehead atoms. The molecule has 5 rings (SSSR count). The van der Waals surface area contributed by atoms with E-state index in [1.54, 1.807) is 13.8 Å². The number of nitrogen functional groups attached to an aromatic ring is 1.